The summed E-state index contributed by atoms with van der Waals surface area (Å²) in [6, 6.07) is 15.4. The number of benzene rings is 2. The van der Waals surface area contributed by atoms with Crippen LogP contribution < -0.4 is 15.6 Å². The monoisotopic (exact) mass is 462 g/mol. The number of carbonyl (C=O) groups is 1. The highest BCUT2D eigenvalue weighted by Crippen LogP contribution is 2.26. The lowest BCUT2D eigenvalue weighted by molar-refractivity contribution is 0.0931. The van der Waals surface area contributed by atoms with Gasteiger partial charge in [-0.05, 0) is 61.2 Å². The number of hydrogen-bond acceptors (Lipinski definition) is 3. The average molecular weight is 463 g/mol. The van der Waals surface area contributed by atoms with E-state index in [1.165, 1.54) is 25.0 Å². The first-order valence-electron chi connectivity index (χ1n) is 11.9. The number of nitrogens with one attached hydrogen (secondary N) is 1. The van der Waals surface area contributed by atoms with Gasteiger partial charge in [-0.3, -0.25) is 9.59 Å². The van der Waals surface area contributed by atoms with Gasteiger partial charge >= 0.3 is 0 Å². The zero-order valence-corrected chi connectivity index (χ0v) is 19.8. The summed E-state index contributed by atoms with van der Waals surface area (Å²) in [6.07, 6.45) is 6.42. The van der Waals surface area contributed by atoms with Crippen LogP contribution in [0, 0.1) is 12.7 Å². The molecule has 0 bridgehead atoms. The molecule has 0 saturated heterocycles. The molecular weight excluding hydrogens is 431 g/mol. The third kappa shape index (κ3) is 5.38. The second-order valence-electron chi connectivity index (χ2n) is 8.97. The fraction of sp³-hybridized carbons (Fsp3) is 0.357. The van der Waals surface area contributed by atoms with Gasteiger partial charge in [0.1, 0.15) is 17.1 Å². The van der Waals surface area contributed by atoms with Crippen LogP contribution in [0.2, 0.25) is 0 Å². The molecule has 0 aliphatic heterocycles. The van der Waals surface area contributed by atoms with E-state index < -0.39 is 0 Å². The minimum Gasteiger partial charge on any atom is -0.497 e. The molecule has 3 aromatic rings. The van der Waals surface area contributed by atoms with Crippen molar-refractivity contribution in [2.24, 2.45) is 0 Å². The predicted octanol–water partition coefficient (Wildman–Crippen LogP) is 5.47. The Morgan fingerprint density at radius 2 is 1.68 bits per heavy atom. The van der Waals surface area contributed by atoms with Crippen molar-refractivity contribution in [1.29, 1.82) is 0 Å². The highest BCUT2D eigenvalue weighted by atomic mass is 19.1. The molecule has 1 saturated carbocycles. The van der Waals surface area contributed by atoms with Gasteiger partial charge in [0.15, 0.2) is 0 Å². The second-order valence-corrected chi connectivity index (χ2v) is 8.97. The van der Waals surface area contributed by atoms with Crippen LogP contribution in [0.3, 0.4) is 0 Å². The third-order valence-corrected chi connectivity index (χ3v) is 6.65. The minimum atomic E-state index is -0.342. The summed E-state index contributed by atoms with van der Waals surface area (Å²) in [5, 5.41) is 3.11. The Bertz CT molecular complexity index is 1190. The van der Waals surface area contributed by atoms with Crippen molar-refractivity contribution in [2.45, 2.75) is 58.0 Å². The summed E-state index contributed by atoms with van der Waals surface area (Å²) in [6.45, 7) is 2.12. The molecule has 1 aliphatic carbocycles. The van der Waals surface area contributed by atoms with Crippen molar-refractivity contribution in [3.63, 3.8) is 0 Å². The zero-order valence-electron chi connectivity index (χ0n) is 19.8. The molecule has 34 heavy (non-hydrogen) atoms. The van der Waals surface area contributed by atoms with Crippen molar-refractivity contribution < 1.29 is 13.9 Å². The molecule has 1 aromatic heterocycles. The van der Waals surface area contributed by atoms with Crippen molar-refractivity contribution >= 4 is 5.91 Å². The van der Waals surface area contributed by atoms with E-state index in [1.807, 2.05) is 31.2 Å². The molecule has 2 aromatic carbocycles. The molecule has 1 aliphatic rings. The van der Waals surface area contributed by atoms with Crippen LogP contribution in [0.15, 0.2) is 59.4 Å². The molecule has 1 fully saturated rings. The number of carbonyl (C=O) groups excluding carboxylic acids is 1. The highest BCUT2D eigenvalue weighted by Gasteiger charge is 2.22. The number of nitrogens with zero attached hydrogens (tertiary/aromatic N) is 1. The highest BCUT2D eigenvalue weighted by molar-refractivity contribution is 5.95. The van der Waals surface area contributed by atoms with E-state index in [0.29, 0.717) is 0 Å². The Balaban J connectivity index is 1.76. The normalized spacial score (nSPS) is 14.4. The second kappa shape index (κ2) is 10.7. The Morgan fingerprint density at radius 3 is 2.29 bits per heavy atom. The molecule has 0 radical (unpaired) electrons. The quantitative estimate of drug-likeness (QED) is 0.494. The minimum absolute atomic E-state index is 0.0886. The van der Waals surface area contributed by atoms with E-state index in [4.69, 9.17) is 4.74 Å². The van der Waals surface area contributed by atoms with Gasteiger partial charge in [0, 0.05) is 17.3 Å². The number of aromatic nitrogens is 1. The van der Waals surface area contributed by atoms with Crippen LogP contribution in [-0.2, 0) is 6.54 Å². The molecule has 4 rings (SSSR count). The molecular formula is C28H31FN2O3. The van der Waals surface area contributed by atoms with Crippen LogP contribution >= 0.6 is 0 Å². The maximum Gasteiger partial charge on any atom is 0.263 e. The predicted molar refractivity (Wildman–Crippen MR) is 132 cm³/mol. The molecule has 5 nitrogen and oxygen atoms in total. The first kappa shape index (κ1) is 23.7. The number of amides is 1. The standard InChI is InChI=1S/C28H31FN2O3/c1-19-25(21-11-15-24(34-2)16-12-21)17-26(27(32)30-23-7-5-3-4-6-8-23)28(33)31(19)18-20-9-13-22(29)14-10-20/h9-17,23H,3-8,18H2,1-2H3,(H,30,32). The fourth-order valence-corrected chi connectivity index (χ4v) is 4.63. The molecule has 1 heterocycles. The van der Waals surface area contributed by atoms with E-state index in [1.54, 1.807) is 29.9 Å². The summed E-state index contributed by atoms with van der Waals surface area (Å²) in [4.78, 5) is 26.8. The Labute approximate surface area is 199 Å². The summed E-state index contributed by atoms with van der Waals surface area (Å²) in [5.74, 6) is 0.0650. The van der Waals surface area contributed by atoms with Crippen LogP contribution in [-0.4, -0.2) is 23.6 Å². The van der Waals surface area contributed by atoms with E-state index in [0.717, 1.165) is 53.8 Å². The number of hydrogen-bond donors (Lipinski definition) is 1. The summed E-state index contributed by atoms with van der Waals surface area (Å²) in [7, 11) is 1.61. The maximum atomic E-state index is 13.5. The van der Waals surface area contributed by atoms with Crippen molar-refractivity contribution in [2.75, 3.05) is 7.11 Å². The van der Waals surface area contributed by atoms with E-state index in [9.17, 15) is 14.0 Å². The van der Waals surface area contributed by atoms with Crippen LogP contribution in [0.5, 0.6) is 5.75 Å². The van der Waals surface area contributed by atoms with Crippen molar-refractivity contribution in [3.8, 4) is 16.9 Å². The SMILES string of the molecule is COc1ccc(-c2cc(C(=O)NC3CCCCCC3)c(=O)n(Cc3ccc(F)cc3)c2C)cc1. The van der Waals surface area contributed by atoms with Crippen molar-refractivity contribution in [1.82, 2.24) is 9.88 Å². The van der Waals surface area contributed by atoms with Gasteiger partial charge in [0.05, 0.1) is 13.7 Å². The summed E-state index contributed by atoms with van der Waals surface area (Å²) >= 11 is 0. The van der Waals surface area contributed by atoms with Gasteiger partial charge in [0.2, 0.25) is 0 Å². The molecule has 6 heteroatoms. The average Bonchev–Trinajstić information content (AvgIpc) is 3.12. The number of rotatable bonds is 6. The Hall–Kier alpha value is -3.41. The van der Waals surface area contributed by atoms with Crippen molar-refractivity contribution in [3.05, 3.63) is 87.6 Å². The lowest BCUT2D eigenvalue weighted by atomic mass is 10.0. The maximum absolute atomic E-state index is 13.5. The first-order chi connectivity index (χ1) is 16.5. The summed E-state index contributed by atoms with van der Waals surface area (Å²) < 4.78 is 20.3. The lowest BCUT2D eigenvalue weighted by Gasteiger charge is -2.19. The van der Waals surface area contributed by atoms with E-state index in [2.05, 4.69) is 5.32 Å². The number of methoxy groups -OCH3 is 1. The Morgan fingerprint density at radius 1 is 1.03 bits per heavy atom. The molecule has 0 unspecified atom stereocenters. The number of pyridine rings is 1. The summed E-state index contributed by atoms with van der Waals surface area (Å²) in [5.41, 5.74) is 3.00. The van der Waals surface area contributed by atoms with Gasteiger partial charge in [-0.25, -0.2) is 4.39 Å². The van der Waals surface area contributed by atoms with Gasteiger partial charge in [-0.1, -0.05) is 49.9 Å². The third-order valence-electron chi connectivity index (χ3n) is 6.65. The zero-order chi connectivity index (χ0) is 24.1. The molecule has 178 valence electrons. The van der Waals surface area contributed by atoms with Gasteiger partial charge in [-0.2, -0.15) is 0 Å². The van der Waals surface area contributed by atoms with Crippen LogP contribution in [0.25, 0.3) is 11.1 Å². The van der Waals surface area contributed by atoms with E-state index >= 15 is 0 Å². The van der Waals surface area contributed by atoms with Gasteiger partial charge in [-0.15, -0.1) is 0 Å². The molecule has 1 amide bonds. The molecule has 0 atom stereocenters. The molecule has 1 N–H and O–H groups in total. The number of ether oxygens (including phenoxy) is 1. The van der Waals surface area contributed by atoms with Gasteiger partial charge < -0.3 is 14.6 Å². The Kier molecular flexibility index (Phi) is 7.46. The number of halogens is 1. The van der Waals surface area contributed by atoms with E-state index in [-0.39, 0.29) is 35.4 Å². The van der Waals surface area contributed by atoms with Gasteiger partial charge in [0.25, 0.3) is 11.5 Å². The smallest absolute Gasteiger partial charge is 0.263 e. The van der Waals surface area contributed by atoms with Crippen LogP contribution in [0.4, 0.5) is 4.39 Å². The van der Waals surface area contributed by atoms with Crippen LogP contribution in [0.1, 0.15) is 60.1 Å². The fourth-order valence-electron chi connectivity index (χ4n) is 4.63. The largest absolute Gasteiger partial charge is 0.497 e. The molecule has 0 spiro atoms. The first-order valence-corrected chi connectivity index (χ1v) is 11.9. The topological polar surface area (TPSA) is 60.3 Å². The lowest BCUT2D eigenvalue weighted by Crippen LogP contribution is -2.39.